The quantitative estimate of drug-likeness (QED) is 0.0297. The van der Waals surface area contributed by atoms with Crippen molar-refractivity contribution in [1.29, 1.82) is 0 Å². The second-order valence-electron chi connectivity index (χ2n) is 21.1. The van der Waals surface area contributed by atoms with Crippen molar-refractivity contribution < 1.29 is 57.4 Å². The molecule has 0 saturated heterocycles. The van der Waals surface area contributed by atoms with Gasteiger partial charge in [0.05, 0.1) is 53.4 Å². The van der Waals surface area contributed by atoms with Crippen LogP contribution >= 0.6 is 0 Å². The lowest BCUT2D eigenvalue weighted by molar-refractivity contribution is -0.144. The number of benzene rings is 4. The number of fused-ring (bicyclic) bond motifs is 2. The van der Waals surface area contributed by atoms with E-state index >= 15 is 0 Å². The van der Waals surface area contributed by atoms with Crippen molar-refractivity contribution in [3.63, 3.8) is 0 Å². The van der Waals surface area contributed by atoms with Gasteiger partial charge in [0.15, 0.2) is 0 Å². The summed E-state index contributed by atoms with van der Waals surface area (Å²) < 4.78 is 177. The Balaban J connectivity index is 1.02. The monoisotopic (exact) mass is 1160 g/mol. The van der Waals surface area contributed by atoms with Gasteiger partial charge in [-0.05, 0) is 128 Å². The summed E-state index contributed by atoms with van der Waals surface area (Å²) in [5, 5.41) is 12.5. The van der Waals surface area contributed by atoms with E-state index in [1.807, 2.05) is 55.1 Å². The highest BCUT2D eigenvalue weighted by Gasteiger charge is 2.44. The minimum absolute atomic E-state index is 0.0313. The summed E-state index contributed by atoms with van der Waals surface area (Å²) in [7, 11) is 1.30. The SMILES string of the molecule is CCN(CC1CCCC1)c1nc2ccccc2cc1CN(Cc1cc(C(F)(F)F)cc(C(F)(F)F)c1)C1=NCC(C2CCC2CN(CC)c2nc3ccccc3cc2CN(Cc2cc(C(F)(F)F)cc(C(F)(F)F)c2)C(N)=NN=NC)O1. The second kappa shape index (κ2) is 24.2. The van der Waals surface area contributed by atoms with Crippen LogP contribution in [0.15, 0.2) is 117 Å². The maximum absolute atomic E-state index is 14.3. The molecule has 4 aromatic carbocycles. The maximum atomic E-state index is 14.3. The molecule has 82 heavy (non-hydrogen) atoms. The molecule has 2 fully saturated rings. The van der Waals surface area contributed by atoms with Gasteiger partial charge >= 0.3 is 24.7 Å². The van der Waals surface area contributed by atoms with Gasteiger partial charge < -0.3 is 30.1 Å². The van der Waals surface area contributed by atoms with E-state index < -0.39 is 66.2 Å². The van der Waals surface area contributed by atoms with E-state index in [0.29, 0.717) is 84.3 Å². The van der Waals surface area contributed by atoms with E-state index in [2.05, 4.69) is 20.3 Å². The van der Waals surface area contributed by atoms with Crippen molar-refractivity contribution >= 4 is 45.4 Å². The van der Waals surface area contributed by atoms with Crippen LogP contribution in [0.4, 0.5) is 64.3 Å². The summed E-state index contributed by atoms with van der Waals surface area (Å²) in [4.78, 5) is 22.1. The van der Waals surface area contributed by atoms with Gasteiger partial charge in [0, 0.05) is 73.6 Å². The first kappa shape index (κ1) is 59.2. The standard InChI is InChI=1S/C58H61F12N11O/c1-4-78(29-35-12-6-7-13-35)51-42(25-39-15-9-10-16-48(39)74-51)34-81(31-37-22-45(57(65,66)67)27-46(23-37)58(68,69)70)54-73-28-50(82-54)47-19-18-40(47)32-79(5-2)52-41(24-38-14-8-11-17-49(38)75-52)33-80(53(71)76-77-72-3)30-36-20-43(55(59,60)61)26-44(21-36)56(62,63)64/h8-11,14-17,20-27,35,40,47,50H,4-7,12-13,18-19,28-34H2,1-3H3,(H2,71,72,76). The molecule has 438 valence electrons. The van der Waals surface area contributed by atoms with Gasteiger partial charge in [-0.2, -0.15) is 57.8 Å². The first-order valence-electron chi connectivity index (χ1n) is 27.1. The minimum atomic E-state index is -5.11. The van der Waals surface area contributed by atoms with Crippen molar-refractivity contribution in [2.75, 3.05) is 49.6 Å². The number of amidine groups is 1. The van der Waals surface area contributed by atoms with E-state index in [0.717, 1.165) is 55.1 Å². The lowest BCUT2D eigenvalue weighted by Gasteiger charge is -2.43. The molecule has 3 aliphatic rings. The Morgan fingerprint density at radius 3 is 1.55 bits per heavy atom. The highest BCUT2D eigenvalue weighted by Crippen LogP contribution is 2.43. The number of alkyl halides is 12. The topological polar surface area (TPSA) is 123 Å². The molecule has 2 saturated carbocycles. The van der Waals surface area contributed by atoms with E-state index in [-0.39, 0.29) is 66.7 Å². The number of aromatic nitrogens is 2. The van der Waals surface area contributed by atoms with E-state index in [9.17, 15) is 52.7 Å². The molecular weight excluding hydrogens is 1090 g/mol. The molecule has 3 heterocycles. The molecule has 2 aromatic heterocycles. The predicted octanol–water partition coefficient (Wildman–Crippen LogP) is 14.5. The highest BCUT2D eigenvalue weighted by atomic mass is 19.4. The van der Waals surface area contributed by atoms with Crippen LogP contribution in [0.2, 0.25) is 0 Å². The van der Waals surface area contributed by atoms with Crippen molar-refractivity contribution in [3.8, 4) is 0 Å². The second-order valence-corrected chi connectivity index (χ2v) is 21.1. The zero-order chi connectivity index (χ0) is 58.7. The molecule has 1 aliphatic heterocycles. The number of para-hydroxylation sites is 2. The molecule has 3 atom stereocenters. The van der Waals surface area contributed by atoms with Crippen LogP contribution < -0.4 is 15.5 Å². The first-order valence-corrected chi connectivity index (χ1v) is 27.1. The number of nitrogens with two attached hydrogens (primary N) is 1. The molecule has 6 aromatic rings. The maximum Gasteiger partial charge on any atom is 0.416 e. The molecule has 9 rings (SSSR count). The Bertz CT molecular complexity index is 3250. The Morgan fingerprint density at radius 2 is 1.07 bits per heavy atom. The van der Waals surface area contributed by atoms with Gasteiger partial charge in [-0.25, -0.2) is 15.0 Å². The number of halogens is 12. The summed E-state index contributed by atoms with van der Waals surface area (Å²) in [6.45, 7) is 4.89. The Labute approximate surface area is 465 Å². The number of ether oxygens (including phenoxy) is 1. The molecular formula is C58H61F12N11O. The Hall–Kier alpha value is -7.40. The number of aliphatic imine (C=N–C) groups is 1. The van der Waals surface area contributed by atoms with Crippen LogP contribution in [0.5, 0.6) is 0 Å². The lowest BCUT2D eigenvalue weighted by Crippen LogP contribution is -2.45. The fourth-order valence-corrected chi connectivity index (χ4v) is 11.3. The fourth-order valence-electron chi connectivity index (χ4n) is 11.3. The number of hydrogen-bond donors (Lipinski definition) is 1. The largest absolute Gasteiger partial charge is 0.460 e. The average Bonchev–Trinajstić information content (AvgIpc) is 3.77. The molecule has 12 nitrogen and oxygen atoms in total. The normalized spacial score (nSPS) is 18.3. The summed E-state index contributed by atoms with van der Waals surface area (Å²) in [6, 6.07) is 21.3. The van der Waals surface area contributed by atoms with Gasteiger partial charge in [0.1, 0.15) is 17.7 Å². The van der Waals surface area contributed by atoms with E-state index in [1.54, 1.807) is 29.2 Å². The average molecular weight is 1160 g/mol. The number of pyridine rings is 2. The molecule has 0 bridgehead atoms. The smallest absolute Gasteiger partial charge is 0.416 e. The molecule has 2 aliphatic carbocycles. The molecule has 0 radical (unpaired) electrons. The molecule has 24 heteroatoms. The van der Waals surface area contributed by atoms with Gasteiger partial charge in [-0.1, -0.05) is 54.3 Å². The number of anilines is 2. The van der Waals surface area contributed by atoms with E-state index in [1.165, 1.54) is 11.9 Å². The lowest BCUT2D eigenvalue weighted by atomic mass is 9.70. The van der Waals surface area contributed by atoms with Crippen LogP contribution in [-0.2, 0) is 55.6 Å². The van der Waals surface area contributed by atoms with Crippen LogP contribution in [0.1, 0.15) is 96.9 Å². The van der Waals surface area contributed by atoms with Gasteiger partial charge in [0.2, 0.25) is 5.96 Å². The van der Waals surface area contributed by atoms with Gasteiger partial charge in [-0.3, -0.25) is 0 Å². The Kier molecular flexibility index (Phi) is 17.5. The number of guanidine groups is 1. The zero-order valence-corrected chi connectivity index (χ0v) is 45.1. The minimum Gasteiger partial charge on any atom is -0.460 e. The third-order valence-corrected chi connectivity index (χ3v) is 15.5. The molecule has 0 amide bonds. The van der Waals surface area contributed by atoms with Gasteiger partial charge in [-0.15, -0.1) is 0 Å². The summed E-state index contributed by atoms with van der Waals surface area (Å²) in [5.41, 5.74) is 2.36. The number of hydrogen-bond acceptors (Lipinski definition) is 9. The fraction of sp³-hybridized carbons (Fsp3) is 0.448. The predicted molar refractivity (Wildman–Crippen MR) is 288 cm³/mol. The van der Waals surface area contributed by atoms with Crippen molar-refractivity contribution in [2.24, 2.45) is 43.9 Å². The highest BCUT2D eigenvalue weighted by molar-refractivity contribution is 5.84. The van der Waals surface area contributed by atoms with Crippen LogP contribution in [0.3, 0.4) is 0 Å². The number of nitrogens with zero attached hydrogens (tertiary/aromatic N) is 10. The first-order chi connectivity index (χ1) is 38.9. The van der Waals surface area contributed by atoms with Crippen molar-refractivity contribution in [3.05, 3.63) is 142 Å². The van der Waals surface area contributed by atoms with Crippen molar-refractivity contribution in [1.82, 2.24) is 19.8 Å². The Morgan fingerprint density at radius 1 is 0.585 bits per heavy atom. The number of rotatable bonds is 18. The zero-order valence-electron chi connectivity index (χ0n) is 45.1. The summed E-state index contributed by atoms with van der Waals surface area (Å²) in [5.74, 6) is 0.936. The van der Waals surface area contributed by atoms with Crippen LogP contribution in [-0.4, -0.2) is 77.6 Å². The van der Waals surface area contributed by atoms with E-state index in [4.69, 9.17) is 25.4 Å². The summed E-state index contributed by atoms with van der Waals surface area (Å²) >= 11 is 0. The molecule has 3 unspecified atom stereocenters. The molecule has 2 N–H and O–H groups in total. The molecule has 0 spiro atoms. The van der Waals surface area contributed by atoms with Crippen LogP contribution in [0.25, 0.3) is 21.8 Å². The third-order valence-electron chi connectivity index (χ3n) is 15.5. The third kappa shape index (κ3) is 13.9. The summed E-state index contributed by atoms with van der Waals surface area (Å²) in [6.07, 6.45) is -15.2. The van der Waals surface area contributed by atoms with Crippen LogP contribution in [0, 0.1) is 17.8 Å². The van der Waals surface area contributed by atoms with Crippen molar-refractivity contribution in [2.45, 2.75) is 109 Å². The van der Waals surface area contributed by atoms with Gasteiger partial charge in [0.25, 0.3) is 6.02 Å².